The summed E-state index contributed by atoms with van der Waals surface area (Å²) < 4.78 is 0. The normalized spacial score (nSPS) is 11.0. The first kappa shape index (κ1) is 42.7. The molecule has 0 spiro atoms. The van der Waals surface area contributed by atoms with Gasteiger partial charge in [-0.3, -0.25) is 19.9 Å². The quantitative estimate of drug-likeness (QED) is 0.110. The Morgan fingerprint density at radius 1 is 0.292 bits per heavy atom. The van der Waals surface area contributed by atoms with Crippen LogP contribution in [0.25, 0.3) is 126 Å². The average molecular weight is 915 g/mol. The molecule has 12 rings (SSSR count). The van der Waals surface area contributed by atoms with E-state index in [0.29, 0.717) is 22.4 Å². The largest absolute Gasteiger partial charge is 0.276 e. The molecule has 0 amide bonds. The minimum Gasteiger partial charge on any atom is -0.276 e. The zero-order valence-electron chi connectivity index (χ0n) is 38.2. The second-order valence-electron chi connectivity index (χ2n) is 17.6. The lowest BCUT2D eigenvalue weighted by Gasteiger charge is -2.22. The van der Waals surface area contributed by atoms with Gasteiger partial charge < -0.3 is 0 Å². The van der Waals surface area contributed by atoms with Crippen molar-refractivity contribution >= 4 is 38.0 Å². The first-order chi connectivity index (χ1) is 35.5. The van der Waals surface area contributed by atoms with Crippen molar-refractivity contribution < 1.29 is 0 Å². The summed E-state index contributed by atoms with van der Waals surface area (Å²) in [6.45, 7) is 7.56. The topological polar surface area (TPSA) is 127 Å². The fourth-order valence-corrected chi connectivity index (χ4v) is 9.94. The van der Waals surface area contributed by atoms with Gasteiger partial charge >= 0.3 is 0 Å². The third-order valence-electron chi connectivity index (χ3n) is 13.5. The molecule has 0 radical (unpaired) electrons. The predicted octanol–water partition coefficient (Wildman–Crippen LogP) is 15.7. The highest BCUT2D eigenvalue weighted by atomic mass is 14.7. The van der Waals surface area contributed by atoms with Gasteiger partial charge in [0.15, 0.2) is 0 Å². The van der Waals surface area contributed by atoms with E-state index in [0.717, 1.165) is 121 Å². The van der Waals surface area contributed by atoms with Crippen molar-refractivity contribution in [1.82, 2.24) is 19.9 Å². The molecular formula is C64H34N8. The fourth-order valence-electron chi connectivity index (χ4n) is 9.94. The van der Waals surface area contributed by atoms with Crippen molar-refractivity contribution in [3.8, 4) is 107 Å². The van der Waals surface area contributed by atoms with Gasteiger partial charge in [0.1, 0.15) is 18.2 Å². The molecule has 4 heterocycles. The smallest absolute Gasteiger partial charge is 0.205 e. The molecule has 0 unspecified atom stereocenters. The monoisotopic (exact) mass is 914 g/mol. The van der Waals surface area contributed by atoms with Gasteiger partial charge in [0.05, 0.1) is 23.3 Å². The van der Waals surface area contributed by atoms with Crippen molar-refractivity contribution in [3.63, 3.8) is 0 Å². The van der Waals surface area contributed by atoms with Crippen LogP contribution in [0, 0.1) is 40.6 Å². The summed E-state index contributed by atoms with van der Waals surface area (Å²) in [5.74, 6) is 0. The molecule has 0 saturated heterocycles. The molecule has 8 heteroatoms. The van der Waals surface area contributed by atoms with Crippen LogP contribution in [0.4, 0.5) is 5.69 Å². The van der Waals surface area contributed by atoms with Crippen LogP contribution in [0.15, 0.2) is 207 Å². The van der Waals surface area contributed by atoms with Gasteiger partial charge in [-0.15, -0.1) is 0 Å². The first-order valence-corrected chi connectivity index (χ1v) is 23.1. The van der Waals surface area contributed by atoms with Gasteiger partial charge in [0.25, 0.3) is 0 Å². The van der Waals surface area contributed by atoms with E-state index in [1.807, 2.05) is 24.3 Å². The molecule has 12 aromatic rings. The fraction of sp³-hybridized carbons (Fsp3) is 0. The number of benzene rings is 8. The van der Waals surface area contributed by atoms with Gasteiger partial charge in [-0.25, -0.2) is 4.85 Å². The number of nitriles is 3. The summed E-state index contributed by atoms with van der Waals surface area (Å²) in [7, 11) is 0. The molecule has 0 N–H and O–H groups in total. The summed E-state index contributed by atoms with van der Waals surface area (Å²) in [4.78, 5) is 20.9. The molecule has 0 aliphatic carbocycles. The Hall–Kier alpha value is -10.6. The maximum absolute atomic E-state index is 9.61. The maximum atomic E-state index is 9.61. The van der Waals surface area contributed by atoms with Crippen LogP contribution < -0.4 is 0 Å². The Morgan fingerprint density at radius 2 is 0.556 bits per heavy atom. The summed E-state index contributed by atoms with van der Waals surface area (Å²) in [5, 5.41) is 35.5. The highest BCUT2D eigenvalue weighted by Gasteiger charge is 2.22. The molecule has 4 aromatic heterocycles. The summed E-state index contributed by atoms with van der Waals surface area (Å²) in [6.07, 6.45) is 13.4. The Balaban J connectivity index is 1.10. The molecule has 330 valence electrons. The van der Waals surface area contributed by atoms with Crippen LogP contribution in [0.3, 0.4) is 0 Å². The molecule has 0 aliphatic rings. The highest BCUT2D eigenvalue weighted by Crippen LogP contribution is 2.49. The minimum atomic E-state index is 0.490. The second kappa shape index (κ2) is 17.8. The zero-order chi connectivity index (χ0) is 48.7. The van der Waals surface area contributed by atoms with Gasteiger partial charge in [-0.2, -0.15) is 15.8 Å². The van der Waals surface area contributed by atoms with Crippen LogP contribution in [0.2, 0.25) is 0 Å². The second-order valence-corrected chi connectivity index (χ2v) is 17.6. The summed E-state index contributed by atoms with van der Waals surface area (Å²) in [5.41, 5.74) is 17.8. The predicted molar refractivity (Wildman–Crippen MR) is 285 cm³/mol. The Kier molecular flexibility index (Phi) is 10.5. The number of hydrogen-bond donors (Lipinski definition) is 0. The SMILES string of the molecule is [C-]#[N+]c1cncc(-c2ccc(-c3cc(-c4ccc(-c5cncc(C#N)c5)cc4)c4ccc5c(-c6ccc(-c7cncc(C#N)c7)cc6)cc(-c6ccc(-c7cncc(C#N)c7)cc6)c6ccc3c4c56)cc2)c1. The van der Waals surface area contributed by atoms with Crippen LogP contribution in [-0.4, -0.2) is 19.9 Å². The van der Waals surface area contributed by atoms with E-state index in [2.05, 4.69) is 176 Å². The molecule has 0 bridgehead atoms. The highest BCUT2D eigenvalue weighted by molar-refractivity contribution is 6.32. The van der Waals surface area contributed by atoms with Crippen LogP contribution >= 0.6 is 0 Å². The van der Waals surface area contributed by atoms with E-state index in [1.54, 1.807) is 49.6 Å². The van der Waals surface area contributed by atoms with Crippen molar-refractivity contribution in [2.75, 3.05) is 0 Å². The summed E-state index contributed by atoms with van der Waals surface area (Å²) in [6, 6.07) is 61.6. The van der Waals surface area contributed by atoms with Gasteiger partial charge in [-0.05, 0) is 141 Å². The van der Waals surface area contributed by atoms with Gasteiger partial charge in [0, 0.05) is 66.3 Å². The molecule has 0 aliphatic heterocycles. The molecule has 8 aromatic carbocycles. The number of hydrogen-bond acceptors (Lipinski definition) is 7. The lowest BCUT2D eigenvalue weighted by Crippen LogP contribution is -1.95. The molecule has 0 saturated carbocycles. The molecule has 72 heavy (non-hydrogen) atoms. The molecular weight excluding hydrogens is 881 g/mol. The third-order valence-corrected chi connectivity index (χ3v) is 13.5. The van der Waals surface area contributed by atoms with Gasteiger partial charge in [-0.1, -0.05) is 121 Å². The van der Waals surface area contributed by atoms with E-state index in [1.165, 1.54) is 0 Å². The molecule has 0 atom stereocenters. The summed E-state index contributed by atoms with van der Waals surface area (Å²) >= 11 is 0. The molecule has 0 fully saturated rings. The van der Waals surface area contributed by atoms with Crippen molar-refractivity contribution in [2.45, 2.75) is 0 Å². The Morgan fingerprint density at radius 3 is 0.833 bits per heavy atom. The van der Waals surface area contributed by atoms with E-state index in [4.69, 9.17) is 6.57 Å². The number of rotatable bonds is 8. The van der Waals surface area contributed by atoms with E-state index in [-0.39, 0.29) is 0 Å². The maximum Gasteiger partial charge on any atom is 0.205 e. The lowest BCUT2D eigenvalue weighted by molar-refractivity contribution is 1.30. The van der Waals surface area contributed by atoms with E-state index >= 15 is 0 Å². The third kappa shape index (κ3) is 7.58. The van der Waals surface area contributed by atoms with Crippen molar-refractivity contribution in [3.05, 3.63) is 235 Å². The van der Waals surface area contributed by atoms with E-state index < -0.39 is 0 Å². The van der Waals surface area contributed by atoms with Crippen LogP contribution in [0.5, 0.6) is 0 Å². The first-order valence-electron chi connectivity index (χ1n) is 23.1. The number of pyridine rings is 4. The standard InChI is InChI=1S/C64H34N8/c1-68-54-25-53(37-72-38-54)45-8-16-49(17-9-45)62-27-61(48-14-6-44(7-15-48)52-24-41(30-67)33-71-36-52)57-19-18-55-59(46-10-2-42(3-11-46)50-22-39(28-65)31-69-34-50)26-60(56-20-21-58(62)64(57)63(55)56)47-12-4-43(5-13-47)51-23-40(29-66)32-70-35-51/h2-27,31-38H. The average Bonchev–Trinajstić information content (AvgIpc) is 3.46. The Labute approximate surface area is 414 Å². The van der Waals surface area contributed by atoms with Crippen molar-refractivity contribution in [1.29, 1.82) is 15.8 Å². The van der Waals surface area contributed by atoms with Gasteiger partial charge in [0.2, 0.25) is 5.69 Å². The Bertz CT molecular complexity index is 3730. The lowest BCUT2D eigenvalue weighted by atomic mass is 9.81. The molecule has 8 nitrogen and oxygen atoms in total. The number of nitrogens with zero attached hydrogens (tertiary/aromatic N) is 8. The van der Waals surface area contributed by atoms with Crippen molar-refractivity contribution in [2.24, 2.45) is 0 Å². The minimum absolute atomic E-state index is 0.490. The number of aromatic nitrogens is 4. The van der Waals surface area contributed by atoms with Crippen LogP contribution in [0.1, 0.15) is 16.7 Å². The van der Waals surface area contributed by atoms with Crippen LogP contribution in [-0.2, 0) is 0 Å². The van der Waals surface area contributed by atoms with E-state index in [9.17, 15) is 15.8 Å². The zero-order valence-corrected chi connectivity index (χ0v) is 38.2.